The number of pyridine rings is 1. The summed E-state index contributed by atoms with van der Waals surface area (Å²) in [7, 11) is 0. The van der Waals surface area contributed by atoms with Crippen LogP contribution >= 0.6 is 0 Å². The Balaban J connectivity index is 2.85. The van der Waals surface area contributed by atoms with Crippen molar-refractivity contribution in [1.29, 1.82) is 0 Å². The van der Waals surface area contributed by atoms with Crippen molar-refractivity contribution in [3.8, 4) is 0 Å². The summed E-state index contributed by atoms with van der Waals surface area (Å²) in [6.07, 6.45) is 3.49. The van der Waals surface area contributed by atoms with Crippen LogP contribution in [0.3, 0.4) is 0 Å². The first kappa shape index (κ1) is 7.95. The monoisotopic (exact) mass is 148 g/mol. The van der Waals surface area contributed by atoms with Gasteiger partial charge in [0.2, 0.25) is 0 Å². The van der Waals surface area contributed by atoms with Gasteiger partial charge in [-0.25, -0.2) is 0 Å². The van der Waals surface area contributed by atoms with Crippen LogP contribution in [0.2, 0.25) is 0 Å². The van der Waals surface area contributed by atoms with Crippen LogP contribution in [0.1, 0.15) is 18.5 Å². The topological polar surface area (TPSA) is 38.9 Å². The van der Waals surface area contributed by atoms with E-state index >= 15 is 0 Å². The summed E-state index contributed by atoms with van der Waals surface area (Å²) in [5, 5.41) is 0. The molecule has 0 saturated heterocycles. The van der Waals surface area contributed by atoms with E-state index in [-0.39, 0.29) is 6.04 Å². The lowest BCUT2D eigenvalue weighted by Crippen LogP contribution is -2.10. The molecule has 0 saturated carbocycles. The summed E-state index contributed by atoms with van der Waals surface area (Å²) in [5.41, 5.74) is 7.77. The van der Waals surface area contributed by atoms with Crippen LogP contribution in [-0.4, -0.2) is 4.98 Å². The molecule has 0 bridgehead atoms. The molecule has 0 aliphatic rings. The van der Waals surface area contributed by atoms with E-state index in [0.29, 0.717) is 0 Å². The second kappa shape index (κ2) is 3.30. The molecule has 1 rings (SSSR count). The predicted octanol–water partition coefficient (Wildman–Crippen LogP) is 1.66. The van der Waals surface area contributed by atoms with Crippen LogP contribution in [0.5, 0.6) is 0 Å². The van der Waals surface area contributed by atoms with Crippen molar-refractivity contribution >= 4 is 0 Å². The summed E-state index contributed by atoms with van der Waals surface area (Å²) < 4.78 is 0. The van der Waals surface area contributed by atoms with Crippen molar-refractivity contribution < 1.29 is 0 Å². The molecule has 1 aromatic heterocycles. The quantitative estimate of drug-likeness (QED) is 0.648. The summed E-state index contributed by atoms with van der Waals surface area (Å²) in [4.78, 5) is 3.97. The fraction of sp³-hybridized carbons (Fsp3) is 0.222. The Kier molecular flexibility index (Phi) is 2.39. The zero-order chi connectivity index (χ0) is 8.27. The molecule has 2 heteroatoms. The van der Waals surface area contributed by atoms with Gasteiger partial charge in [-0.3, -0.25) is 4.98 Å². The minimum absolute atomic E-state index is 0.0799. The molecule has 0 fully saturated rings. The minimum Gasteiger partial charge on any atom is -0.321 e. The number of rotatable bonds is 2. The highest BCUT2D eigenvalue weighted by Gasteiger charge is 2.04. The molecule has 0 spiro atoms. The largest absolute Gasteiger partial charge is 0.321 e. The molecule has 1 aromatic rings. The maximum absolute atomic E-state index is 5.80. The second-order valence-corrected chi connectivity index (χ2v) is 2.61. The van der Waals surface area contributed by atoms with Crippen molar-refractivity contribution in [2.24, 2.45) is 5.73 Å². The highest BCUT2D eigenvalue weighted by atomic mass is 14.7. The SMILES string of the molecule is C=C(C)C(N)c1cccnc1. The maximum Gasteiger partial charge on any atom is 0.0520 e. The third-order valence-electron chi connectivity index (χ3n) is 1.57. The molecule has 0 aliphatic heterocycles. The van der Waals surface area contributed by atoms with Gasteiger partial charge in [-0.05, 0) is 18.6 Å². The van der Waals surface area contributed by atoms with Crippen molar-refractivity contribution in [2.45, 2.75) is 13.0 Å². The summed E-state index contributed by atoms with van der Waals surface area (Å²) >= 11 is 0. The predicted molar refractivity (Wildman–Crippen MR) is 46.0 cm³/mol. The Labute approximate surface area is 66.8 Å². The summed E-state index contributed by atoms with van der Waals surface area (Å²) in [5.74, 6) is 0. The fourth-order valence-corrected chi connectivity index (χ4v) is 0.844. The second-order valence-electron chi connectivity index (χ2n) is 2.61. The standard InChI is InChI=1S/C9H12N2/c1-7(2)9(10)8-4-3-5-11-6-8/h3-6,9H,1,10H2,2H3. The summed E-state index contributed by atoms with van der Waals surface area (Å²) in [6, 6.07) is 3.74. The Morgan fingerprint density at radius 2 is 2.45 bits per heavy atom. The molecule has 2 nitrogen and oxygen atoms in total. The van der Waals surface area contributed by atoms with Crippen LogP contribution in [0.15, 0.2) is 36.7 Å². The molecule has 0 amide bonds. The van der Waals surface area contributed by atoms with Crippen molar-refractivity contribution in [3.05, 3.63) is 42.2 Å². The molecule has 58 valence electrons. The van der Waals surface area contributed by atoms with E-state index in [1.165, 1.54) is 0 Å². The van der Waals surface area contributed by atoms with Gasteiger partial charge < -0.3 is 5.73 Å². The van der Waals surface area contributed by atoms with E-state index in [0.717, 1.165) is 11.1 Å². The van der Waals surface area contributed by atoms with E-state index < -0.39 is 0 Å². The number of hydrogen-bond acceptors (Lipinski definition) is 2. The average molecular weight is 148 g/mol. The molecular weight excluding hydrogens is 136 g/mol. The Hall–Kier alpha value is -1.15. The Morgan fingerprint density at radius 3 is 2.91 bits per heavy atom. The molecule has 1 unspecified atom stereocenters. The summed E-state index contributed by atoms with van der Waals surface area (Å²) in [6.45, 7) is 5.69. The zero-order valence-electron chi connectivity index (χ0n) is 6.62. The number of nitrogens with two attached hydrogens (primary N) is 1. The van der Waals surface area contributed by atoms with Gasteiger partial charge in [-0.15, -0.1) is 0 Å². The van der Waals surface area contributed by atoms with Gasteiger partial charge in [0.15, 0.2) is 0 Å². The van der Waals surface area contributed by atoms with Crippen molar-refractivity contribution in [1.82, 2.24) is 4.98 Å². The molecule has 0 aromatic carbocycles. The average Bonchev–Trinajstić information content (AvgIpc) is 2.05. The number of hydrogen-bond donors (Lipinski definition) is 1. The van der Waals surface area contributed by atoms with Crippen LogP contribution in [-0.2, 0) is 0 Å². The highest BCUT2D eigenvalue weighted by molar-refractivity contribution is 5.21. The maximum atomic E-state index is 5.80. The third kappa shape index (κ3) is 1.88. The van der Waals surface area contributed by atoms with Gasteiger partial charge in [0, 0.05) is 12.4 Å². The fourth-order valence-electron chi connectivity index (χ4n) is 0.844. The van der Waals surface area contributed by atoms with Gasteiger partial charge in [0.05, 0.1) is 6.04 Å². The van der Waals surface area contributed by atoms with Crippen LogP contribution in [0.4, 0.5) is 0 Å². The number of aromatic nitrogens is 1. The van der Waals surface area contributed by atoms with E-state index in [1.54, 1.807) is 12.4 Å². The highest BCUT2D eigenvalue weighted by Crippen LogP contribution is 2.14. The third-order valence-corrected chi connectivity index (χ3v) is 1.57. The molecule has 2 N–H and O–H groups in total. The molecule has 0 radical (unpaired) electrons. The zero-order valence-corrected chi connectivity index (χ0v) is 6.62. The normalized spacial score (nSPS) is 12.5. The van der Waals surface area contributed by atoms with Gasteiger partial charge in [-0.1, -0.05) is 18.2 Å². The van der Waals surface area contributed by atoms with Gasteiger partial charge in [0.1, 0.15) is 0 Å². The van der Waals surface area contributed by atoms with Crippen LogP contribution in [0, 0.1) is 0 Å². The lowest BCUT2D eigenvalue weighted by molar-refractivity contribution is 0.843. The van der Waals surface area contributed by atoms with Crippen molar-refractivity contribution in [3.63, 3.8) is 0 Å². The molecule has 1 atom stereocenters. The lowest BCUT2D eigenvalue weighted by Gasteiger charge is -2.09. The molecule has 1 heterocycles. The first-order chi connectivity index (χ1) is 5.22. The van der Waals surface area contributed by atoms with Crippen LogP contribution < -0.4 is 5.73 Å². The lowest BCUT2D eigenvalue weighted by atomic mass is 10.0. The van der Waals surface area contributed by atoms with Gasteiger partial charge >= 0.3 is 0 Å². The molecule has 11 heavy (non-hydrogen) atoms. The van der Waals surface area contributed by atoms with E-state index in [2.05, 4.69) is 11.6 Å². The van der Waals surface area contributed by atoms with Crippen molar-refractivity contribution in [2.75, 3.05) is 0 Å². The van der Waals surface area contributed by atoms with Crippen LogP contribution in [0.25, 0.3) is 0 Å². The van der Waals surface area contributed by atoms with E-state index in [4.69, 9.17) is 5.73 Å². The van der Waals surface area contributed by atoms with E-state index in [9.17, 15) is 0 Å². The van der Waals surface area contributed by atoms with E-state index in [1.807, 2.05) is 19.1 Å². The van der Waals surface area contributed by atoms with Gasteiger partial charge in [-0.2, -0.15) is 0 Å². The minimum atomic E-state index is -0.0799. The Bertz CT molecular complexity index is 241. The number of nitrogens with zero attached hydrogens (tertiary/aromatic N) is 1. The molecular formula is C9H12N2. The Morgan fingerprint density at radius 1 is 1.73 bits per heavy atom. The molecule has 0 aliphatic carbocycles. The first-order valence-corrected chi connectivity index (χ1v) is 3.52. The van der Waals surface area contributed by atoms with Gasteiger partial charge in [0.25, 0.3) is 0 Å². The first-order valence-electron chi connectivity index (χ1n) is 3.52. The smallest absolute Gasteiger partial charge is 0.0520 e.